The molecule has 3 N–H and O–H groups in total. The van der Waals surface area contributed by atoms with Crippen LogP contribution in [-0.4, -0.2) is 11.9 Å². The maximum Gasteiger partial charge on any atom is 0.343 e. The van der Waals surface area contributed by atoms with Crippen molar-refractivity contribution in [1.82, 2.24) is 5.32 Å². The highest BCUT2D eigenvalue weighted by Gasteiger charge is 2.24. The summed E-state index contributed by atoms with van der Waals surface area (Å²) in [6.07, 6.45) is 0. The second kappa shape index (κ2) is 3.10. The number of amides is 2. The van der Waals surface area contributed by atoms with Gasteiger partial charge in [0.05, 0.1) is 0 Å². The average molecular weight is 193 g/mol. The first-order chi connectivity index (χ1) is 6.66. The minimum absolute atomic E-state index is 0.210. The lowest BCUT2D eigenvalue weighted by atomic mass is 10.1. The molecule has 5 heteroatoms. The van der Waals surface area contributed by atoms with E-state index in [1.54, 1.807) is 12.1 Å². The zero-order valence-electron chi connectivity index (χ0n) is 7.20. The highest BCUT2D eigenvalue weighted by atomic mass is 19.1. The fourth-order valence-electron chi connectivity index (χ4n) is 1.32. The quantitative estimate of drug-likeness (QED) is 0.697. The van der Waals surface area contributed by atoms with Crippen LogP contribution in [0.2, 0.25) is 0 Å². The summed E-state index contributed by atoms with van der Waals surface area (Å²) in [4.78, 5) is 14.4. The molecule has 1 aromatic carbocycles. The summed E-state index contributed by atoms with van der Waals surface area (Å²) in [6, 6.07) is 4.86. The molecule has 1 aromatic rings. The normalized spacial score (nSPS) is 20.5. The monoisotopic (exact) mass is 193 g/mol. The van der Waals surface area contributed by atoms with Crippen molar-refractivity contribution in [3.63, 3.8) is 0 Å². The van der Waals surface area contributed by atoms with Crippen LogP contribution < -0.4 is 11.1 Å². The van der Waals surface area contributed by atoms with Gasteiger partial charge in [-0.2, -0.15) is 4.99 Å². The lowest BCUT2D eigenvalue weighted by molar-refractivity contribution is 0.250. The number of rotatable bonds is 1. The van der Waals surface area contributed by atoms with Crippen LogP contribution in [0.25, 0.3) is 0 Å². The number of halogens is 1. The molecule has 0 bridgehead atoms. The van der Waals surface area contributed by atoms with Gasteiger partial charge in [0, 0.05) is 0 Å². The highest BCUT2D eigenvalue weighted by molar-refractivity contribution is 6.03. The number of nitrogens with one attached hydrogen (secondary N) is 1. The predicted molar refractivity (Wildman–Crippen MR) is 49.3 cm³/mol. The second-order valence-corrected chi connectivity index (χ2v) is 2.97. The van der Waals surface area contributed by atoms with E-state index < -0.39 is 12.1 Å². The maximum absolute atomic E-state index is 12.6. The van der Waals surface area contributed by atoms with Gasteiger partial charge in [0.2, 0.25) is 0 Å². The molecule has 1 aliphatic heterocycles. The van der Waals surface area contributed by atoms with E-state index in [4.69, 9.17) is 5.73 Å². The van der Waals surface area contributed by atoms with Crippen molar-refractivity contribution >= 4 is 11.9 Å². The van der Waals surface area contributed by atoms with Crippen LogP contribution in [0.3, 0.4) is 0 Å². The van der Waals surface area contributed by atoms with Crippen molar-refractivity contribution in [1.29, 1.82) is 0 Å². The lowest BCUT2D eigenvalue weighted by Gasteiger charge is -2.09. The van der Waals surface area contributed by atoms with Crippen LogP contribution in [0, 0.1) is 5.82 Å². The van der Waals surface area contributed by atoms with E-state index in [2.05, 4.69) is 10.3 Å². The van der Waals surface area contributed by atoms with Crippen molar-refractivity contribution < 1.29 is 9.18 Å². The van der Waals surface area contributed by atoms with Crippen LogP contribution in [0.1, 0.15) is 11.6 Å². The third-order valence-electron chi connectivity index (χ3n) is 2.00. The zero-order valence-corrected chi connectivity index (χ0v) is 7.20. The summed E-state index contributed by atoms with van der Waals surface area (Å²) in [5.41, 5.74) is 6.23. The van der Waals surface area contributed by atoms with Gasteiger partial charge in [-0.25, -0.2) is 9.18 Å². The molecular formula is C9H8FN3O. The molecule has 0 aliphatic carbocycles. The molecule has 2 rings (SSSR count). The zero-order chi connectivity index (χ0) is 10.1. The van der Waals surface area contributed by atoms with E-state index in [0.29, 0.717) is 0 Å². The van der Waals surface area contributed by atoms with Gasteiger partial charge < -0.3 is 11.1 Å². The second-order valence-electron chi connectivity index (χ2n) is 2.97. The molecule has 0 saturated heterocycles. The van der Waals surface area contributed by atoms with Gasteiger partial charge in [0.25, 0.3) is 0 Å². The topological polar surface area (TPSA) is 67.5 Å². The number of carbonyl (C=O) groups excluding carboxylic acids is 1. The van der Waals surface area contributed by atoms with Crippen molar-refractivity contribution in [3.8, 4) is 0 Å². The number of amidine groups is 1. The predicted octanol–water partition coefficient (Wildman–Crippen LogP) is 0.947. The van der Waals surface area contributed by atoms with E-state index in [-0.39, 0.29) is 11.7 Å². The van der Waals surface area contributed by atoms with Gasteiger partial charge in [-0.3, -0.25) is 0 Å². The Morgan fingerprint density at radius 3 is 2.50 bits per heavy atom. The molecule has 1 aliphatic rings. The molecule has 0 fully saturated rings. The minimum atomic E-state index is -0.461. The summed E-state index contributed by atoms with van der Waals surface area (Å²) in [5, 5.41) is 2.55. The number of urea groups is 1. The van der Waals surface area contributed by atoms with Crippen molar-refractivity contribution in [2.75, 3.05) is 0 Å². The van der Waals surface area contributed by atoms with Crippen LogP contribution in [0.15, 0.2) is 29.3 Å². The van der Waals surface area contributed by atoms with E-state index in [0.717, 1.165) is 5.56 Å². The molecule has 14 heavy (non-hydrogen) atoms. The number of hydrogen-bond acceptors (Lipinski definition) is 2. The largest absolute Gasteiger partial charge is 0.385 e. The Balaban J connectivity index is 2.29. The SMILES string of the molecule is NC1=NC(=O)NC1c1ccc(F)cc1. The lowest BCUT2D eigenvalue weighted by Crippen LogP contribution is -2.27. The number of nitrogens with two attached hydrogens (primary N) is 1. The Morgan fingerprint density at radius 2 is 2.00 bits per heavy atom. The Bertz CT molecular complexity index is 399. The molecule has 72 valence electrons. The van der Waals surface area contributed by atoms with Gasteiger partial charge in [-0.15, -0.1) is 0 Å². The van der Waals surface area contributed by atoms with Gasteiger partial charge in [0.1, 0.15) is 17.7 Å². The minimum Gasteiger partial charge on any atom is -0.385 e. The first-order valence-electron chi connectivity index (χ1n) is 4.07. The fraction of sp³-hybridized carbons (Fsp3) is 0.111. The number of aliphatic imine (C=N–C) groups is 1. The summed E-state index contributed by atoms with van der Waals surface area (Å²) >= 11 is 0. The molecule has 0 spiro atoms. The highest BCUT2D eigenvalue weighted by Crippen LogP contribution is 2.17. The standard InChI is InChI=1S/C9H8FN3O/c10-6-3-1-5(2-4-6)7-8(11)13-9(14)12-7/h1-4,7H,(H3,11,12,13,14). The van der Waals surface area contributed by atoms with Gasteiger partial charge in [0.15, 0.2) is 0 Å². The van der Waals surface area contributed by atoms with E-state index in [1.807, 2.05) is 0 Å². The molecule has 1 unspecified atom stereocenters. The van der Waals surface area contributed by atoms with Crippen molar-refractivity contribution in [2.24, 2.45) is 10.7 Å². The molecule has 0 radical (unpaired) electrons. The number of carbonyl (C=O) groups is 1. The maximum atomic E-state index is 12.6. The Hall–Kier alpha value is -1.91. The smallest absolute Gasteiger partial charge is 0.343 e. The first-order valence-corrected chi connectivity index (χ1v) is 4.07. The Kier molecular flexibility index (Phi) is 1.92. The third kappa shape index (κ3) is 1.44. The fourth-order valence-corrected chi connectivity index (χ4v) is 1.32. The molecule has 1 atom stereocenters. The molecule has 0 saturated carbocycles. The van der Waals surface area contributed by atoms with Crippen LogP contribution >= 0.6 is 0 Å². The van der Waals surface area contributed by atoms with Crippen molar-refractivity contribution in [2.45, 2.75) is 6.04 Å². The van der Waals surface area contributed by atoms with Crippen LogP contribution in [0.5, 0.6) is 0 Å². The van der Waals surface area contributed by atoms with Crippen LogP contribution in [-0.2, 0) is 0 Å². The third-order valence-corrected chi connectivity index (χ3v) is 2.00. The summed E-state index contributed by atoms with van der Waals surface area (Å²) in [6.45, 7) is 0. The van der Waals surface area contributed by atoms with Crippen LogP contribution in [0.4, 0.5) is 9.18 Å². The molecule has 1 heterocycles. The molecule has 4 nitrogen and oxygen atoms in total. The van der Waals surface area contributed by atoms with E-state index in [1.165, 1.54) is 12.1 Å². The Morgan fingerprint density at radius 1 is 1.36 bits per heavy atom. The molecule has 2 amide bonds. The number of hydrogen-bond donors (Lipinski definition) is 2. The van der Waals surface area contributed by atoms with Gasteiger partial charge in [-0.1, -0.05) is 12.1 Å². The van der Waals surface area contributed by atoms with E-state index in [9.17, 15) is 9.18 Å². The van der Waals surface area contributed by atoms with Gasteiger partial charge >= 0.3 is 6.03 Å². The first kappa shape index (κ1) is 8.68. The van der Waals surface area contributed by atoms with Gasteiger partial charge in [-0.05, 0) is 17.7 Å². The summed E-state index contributed by atoms with van der Waals surface area (Å²) in [7, 11) is 0. The Labute approximate surface area is 79.6 Å². The number of nitrogens with zero attached hydrogens (tertiary/aromatic N) is 1. The summed E-state index contributed by atoms with van der Waals surface area (Å²) in [5.74, 6) is -0.116. The van der Waals surface area contributed by atoms with Crippen molar-refractivity contribution in [3.05, 3.63) is 35.6 Å². The van der Waals surface area contributed by atoms with E-state index >= 15 is 0 Å². The molecule has 0 aromatic heterocycles. The summed E-state index contributed by atoms with van der Waals surface area (Å²) < 4.78 is 12.6. The average Bonchev–Trinajstić information content (AvgIpc) is 2.47. The number of benzene rings is 1. The molecular weight excluding hydrogens is 185 g/mol.